The third kappa shape index (κ3) is 5.24. The SMILES string of the molecule is CCOc1ccc(CCNC(=O)C(C)(C)CC)cc1OCC. The highest BCUT2D eigenvalue weighted by Crippen LogP contribution is 2.28. The molecule has 0 aliphatic rings. The zero-order chi connectivity index (χ0) is 16.6. The van der Waals surface area contributed by atoms with Crippen LogP contribution in [0.3, 0.4) is 0 Å². The number of hydrogen-bond donors (Lipinski definition) is 1. The average Bonchev–Trinajstić information content (AvgIpc) is 2.50. The van der Waals surface area contributed by atoms with Gasteiger partial charge in [0.15, 0.2) is 11.5 Å². The maximum absolute atomic E-state index is 12.0. The number of nitrogens with one attached hydrogen (secondary N) is 1. The van der Waals surface area contributed by atoms with Gasteiger partial charge in [0.25, 0.3) is 0 Å². The summed E-state index contributed by atoms with van der Waals surface area (Å²) in [7, 11) is 0. The molecular formula is C18H29NO3. The Morgan fingerprint density at radius 2 is 1.73 bits per heavy atom. The van der Waals surface area contributed by atoms with Crippen LogP contribution in [0.2, 0.25) is 0 Å². The van der Waals surface area contributed by atoms with Crippen molar-refractivity contribution in [1.82, 2.24) is 5.32 Å². The van der Waals surface area contributed by atoms with Gasteiger partial charge in [-0.05, 0) is 44.4 Å². The molecular weight excluding hydrogens is 278 g/mol. The maximum atomic E-state index is 12.0. The molecule has 4 nitrogen and oxygen atoms in total. The quantitative estimate of drug-likeness (QED) is 0.758. The Hall–Kier alpha value is -1.71. The maximum Gasteiger partial charge on any atom is 0.225 e. The van der Waals surface area contributed by atoms with Crippen molar-refractivity contribution in [2.24, 2.45) is 5.41 Å². The first-order valence-electron chi connectivity index (χ1n) is 8.11. The second-order valence-electron chi connectivity index (χ2n) is 5.89. The topological polar surface area (TPSA) is 47.6 Å². The summed E-state index contributed by atoms with van der Waals surface area (Å²) in [5.74, 6) is 1.64. The minimum absolute atomic E-state index is 0.103. The van der Waals surface area contributed by atoms with Crippen molar-refractivity contribution >= 4 is 5.91 Å². The molecule has 1 amide bonds. The minimum atomic E-state index is -0.310. The smallest absolute Gasteiger partial charge is 0.225 e. The number of hydrogen-bond acceptors (Lipinski definition) is 3. The normalized spacial score (nSPS) is 11.1. The number of benzene rings is 1. The molecule has 0 heterocycles. The Morgan fingerprint density at radius 1 is 1.09 bits per heavy atom. The monoisotopic (exact) mass is 307 g/mol. The molecule has 124 valence electrons. The van der Waals surface area contributed by atoms with Crippen molar-refractivity contribution in [3.05, 3.63) is 23.8 Å². The highest BCUT2D eigenvalue weighted by molar-refractivity contribution is 5.81. The van der Waals surface area contributed by atoms with Gasteiger partial charge in [-0.2, -0.15) is 0 Å². The Kier molecular flexibility index (Phi) is 7.22. The summed E-state index contributed by atoms with van der Waals surface area (Å²) in [6.45, 7) is 11.7. The van der Waals surface area contributed by atoms with Crippen LogP contribution in [0.4, 0.5) is 0 Å². The highest BCUT2D eigenvalue weighted by Gasteiger charge is 2.24. The van der Waals surface area contributed by atoms with Crippen LogP contribution in [0.15, 0.2) is 18.2 Å². The summed E-state index contributed by atoms with van der Waals surface area (Å²) >= 11 is 0. The van der Waals surface area contributed by atoms with E-state index in [0.29, 0.717) is 19.8 Å². The number of carbonyl (C=O) groups excluding carboxylic acids is 1. The summed E-state index contributed by atoms with van der Waals surface area (Å²) < 4.78 is 11.2. The van der Waals surface area contributed by atoms with E-state index in [2.05, 4.69) is 5.32 Å². The highest BCUT2D eigenvalue weighted by atomic mass is 16.5. The summed E-state index contributed by atoms with van der Waals surface area (Å²) in [5, 5.41) is 3.00. The van der Waals surface area contributed by atoms with E-state index >= 15 is 0 Å². The molecule has 0 aromatic heterocycles. The summed E-state index contributed by atoms with van der Waals surface area (Å²) in [4.78, 5) is 12.0. The van der Waals surface area contributed by atoms with E-state index in [1.54, 1.807) is 0 Å². The average molecular weight is 307 g/mol. The van der Waals surface area contributed by atoms with Gasteiger partial charge in [0.1, 0.15) is 0 Å². The van der Waals surface area contributed by atoms with Gasteiger partial charge in [0.05, 0.1) is 13.2 Å². The first-order chi connectivity index (χ1) is 10.4. The van der Waals surface area contributed by atoms with Gasteiger partial charge < -0.3 is 14.8 Å². The Labute approximate surface area is 134 Å². The molecule has 0 aliphatic carbocycles. The zero-order valence-corrected chi connectivity index (χ0v) is 14.5. The fraction of sp³-hybridized carbons (Fsp3) is 0.611. The molecule has 1 aromatic carbocycles. The van der Waals surface area contributed by atoms with E-state index in [4.69, 9.17) is 9.47 Å². The molecule has 1 aromatic rings. The van der Waals surface area contributed by atoms with Gasteiger partial charge in [0.2, 0.25) is 5.91 Å². The molecule has 0 atom stereocenters. The molecule has 0 bridgehead atoms. The second-order valence-corrected chi connectivity index (χ2v) is 5.89. The minimum Gasteiger partial charge on any atom is -0.490 e. The van der Waals surface area contributed by atoms with Gasteiger partial charge in [-0.15, -0.1) is 0 Å². The molecule has 1 N–H and O–H groups in total. The van der Waals surface area contributed by atoms with E-state index in [1.165, 1.54) is 0 Å². The van der Waals surface area contributed by atoms with E-state index in [9.17, 15) is 4.79 Å². The molecule has 22 heavy (non-hydrogen) atoms. The van der Waals surface area contributed by atoms with Crippen LogP contribution in [-0.4, -0.2) is 25.7 Å². The third-order valence-electron chi connectivity index (χ3n) is 3.81. The van der Waals surface area contributed by atoms with Crippen LogP contribution in [-0.2, 0) is 11.2 Å². The lowest BCUT2D eigenvalue weighted by Crippen LogP contribution is -2.37. The van der Waals surface area contributed by atoms with Gasteiger partial charge in [0, 0.05) is 12.0 Å². The molecule has 0 radical (unpaired) electrons. The second kappa shape index (κ2) is 8.66. The van der Waals surface area contributed by atoms with Crippen molar-refractivity contribution in [3.8, 4) is 11.5 Å². The fourth-order valence-electron chi connectivity index (χ4n) is 1.97. The van der Waals surface area contributed by atoms with E-state index < -0.39 is 0 Å². The number of amides is 1. The lowest BCUT2D eigenvalue weighted by Gasteiger charge is -2.21. The van der Waals surface area contributed by atoms with Crippen LogP contribution in [0.1, 0.15) is 46.6 Å². The van der Waals surface area contributed by atoms with E-state index in [1.807, 2.05) is 52.8 Å². The van der Waals surface area contributed by atoms with Crippen molar-refractivity contribution in [3.63, 3.8) is 0 Å². The lowest BCUT2D eigenvalue weighted by atomic mass is 9.89. The number of rotatable bonds is 9. The van der Waals surface area contributed by atoms with Crippen molar-refractivity contribution in [2.75, 3.05) is 19.8 Å². The van der Waals surface area contributed by atoms with Gasteiger partial charge >= 0.3 is 0 Å². The van der Waals surface area contributed by atoms with Crippen molar-refractivity contribution < 1.29 is 14.3 Å². The van der Waals surface area contributed by atoms with Crippen LogP contribution < -0.4 is 14.8 Å². The zero-order valence-electron chi connectivity index (χ0n) is 14.5. The molecule has 4 heteroatoms. The van der Waals surface area contributed by atoms with Crippen molar-refractivity contribution in [1.29, 1.82) is 0 Å². The third-order valence-corrected chi connectivity index (χ3v) is 3.81. The van der Waals surface area contributed by atoms with Gasteiger partial charge in [-0.3, -0.25) is 4.79 Å². The molecule has 0 fully saturated rings. The van der Waals surface area contributed by atoms with Gasteiger partial charge in [-0.25, -0.2) is 0 Å². The molecule has 0 unspecified atom stereocenters. The molecule has 0 saturated carbocycles. The van der Waals surface area contributed by atoms with E-state index in [-0.39, 0.29) is 11.3 Å². The van der Waals surface area contributed by atoms with Crippen LogP contribution in [0.25, 0.3) is 0 Å². The molecule has 0 aliphatic heterocycles. The van der Waals surface area contributed by atoms with Crippen LogP contribution in [0.5, 0.6) is 11.5 Å². The largest absolute Gasteiger partial charge is 0.490 e. The molecule has 1 rings (SSSR count). The van der Waals surface area contributed by atoms with Crippen molar-refractivity contribution in [2.45, 2.75) is 47.5 Å². The number of ether oxygens (including phenoxy) is 2. The predicted molar refractivity (Wildman–Crippen MR) is 89.6 cm³/mol. The first kappa shape index (κ1) is 18.3. The predicted octanol–water partition coefficient (Wildman–Crippen LogP) is 3.58. The lowest BCUT2D eigenvalue weighted by molar-refractivity contribution is -0.129. The summed E-state index contributed by atoms with van der Waals surface area (Å²) in [6, 6.07) is 5.94. The summed E-state index contributed by atoms with van der Waals surface area (Å²) in [6.07, 6.45) is 1.61. The standard InChI is InChI=1S/C18H29NO3/c1-6-18(4,5)17(20)19-12-11-14-9-10-15(21-7-2)16(13-14)22-8-3/h9-10,13H,6-8,11-12H2,1-5H3,(H,19,20). The summed E-state index contributed by atoms with van der Waals surface area (Å²) in [5.41, 5.74) is 0.816. The van der Waals surface area contributed by atoms with Gasteiger partial charge in [-0.1, -0.05) is 26.8 Å². The number of carbonyl (C=O) groups is 1. The van der Waals surface area contributed by atoms with E-state index in [0.717, 1.165) is 29.9 Å². The Balaban J connectivity index is 2.63. The molecule has 0 saturated heterocycles. The molecule has 0 spiro atoms. The Bertz CT molecular complexity index is 483. The van der Waals surface area contributed by atoms with Crippen LogP contribution >= 0.6 is 0 Å². The fourth-order valence-corrected chi connectivity index (χ4v) is 1.97. The Morgan fingerprint density at radius 3 is 2.32 bits per heavy atom. The van der Waals surface area contributed by atoms with Crippen LogP contribution in [0, 0.1) is 5.41 Å². The first-order valence-corrected chi connectivity index (χ1v) is 8.11.